The highest BCUT2D eigenvalue weighted by Gasteiger charge is 2.16. The maximum absolute atomic E-state index is 10.6. The Labute approximate surface area is 113 Å². The van der Waals surface area contributed by atoms with E-state index in [0.29, 0.717) is 30.7 Å². The van der Waals surface area contributed by atoms with Gasteiger partial charge in [-0.3, -0.25) is 9.69 Å². The zero-order chi connectivity index (χ0) is 14.4. The summed E-state index contributed by atoms with van der Waals surface area (Å²) in [4.78, 5) is 17.0. The van der Waals surface area contributed by atoms with Gasteiger partial charge in [0.05, 0.1) is 13.0 Å². The minimum atomic E-state index is -0.795. The number of hydrogen-bond donors (Lipinski definition) is 1. The van der Waals surface area contributed by atoms with E-state index in [9.17, 15) is 4.79 Å². The van der Waals surface area contributed by atoms with Crippen molar-refractivity contribution in [3.8, 4) is 0 Å². The third-order valence-electron chi connectivity index (χ3n) is 2.78. The van der Waals surface area contributed by atoms with Gasteiger partial charge < -0.3 is 9.63 Å². The first-order chi connectivity index (χ1) is 8.88. The van der Waals surface area contributed by atoms with Gasteiger partial charge in [0, 0.05) is 19.0 Å². The molecule has 0 amide bonds. The Morgan fingerprint density at radius 3 is 2.58 bits per heavy atom. The number of carboxylic acid groups (broad SMARTS) is 1. The molecular formula is C13H23N3O3. The SMILES string of the molecule is CC(C)Cc1noc(CN(CCC(=O)O)C(C)C)n1. The Kier molecular flexibility index (Phi) is 5.95. The Hall–Kier alpha value is -1.43. The van der Waals surface area contributed by atoms with Gasteiger partial charge in [0.25, 0.3) is 0 Å². The van der Waals surface area contributed by atoms with Crippen LogP contribution in [0.25, 0.3) is 0 Å². The van der Waals surface area contributed by atoms with Crippen molar-refractivity contribution in [1.82, 2.24) is 15.0 Å². The molecular weight excluding hydrogens is 246 g/mol. The molecule has 1 heterocycles. The van der Waals surface area contributed by atoms with E-state index in [1.165, 1.54) is 0 Å². The summed E-state index contributed by atoms with van der Waals surface area (Å²) in [5.41, 5.74) is 0. The van der Waals surface area contributed by atoms with Crippen LogP contribution in [0.1, 0.15) is 45.8 Å². The summed E-state index contributed by atoms with van der Waals surface area (Å²) in [7, 11) is 0. The zero-order valence-corrected chi connectivity index (χ0v) is 12.1. The van der Waals surface area contributed by atoms with Crippen LogP contribution in [0.2, 0.25) is 0 Å². The van der Waals surface area contributed by atoms with E-state index in [1.807, 2.05) is 18.7 Å². The molecule has 0 spiro atoms. The lowest BCUT2D eigenvalue weighted by Gasteiger charge is -2.23. The van der Waals surface area contributed by atoms with E-state index in [-0.39, 0.29) is 12.5 Å². The molecule has 0 unspecified atom stereocenters. The topological polar surface area (TPSA) is 79.5 Å². The van der Waals surface area contributed by atoms with Gasteiger partial charge in [-0.1, -0.05) is 19.0 Å². The number of nitrogens with zero attached hydrogens (tertiary/aromatic N) is 3. The predicted molar refractivity (Wildman–Crippen MR) is 70.6 cm³/mol. The minimum absolute atomic E-state index is 0.116. The van der Waals surface area contributed by atoms with Crippen LogP contribution in [0.3, 0.4) is 0 Å². The molecule has 0 aromatic carbocycles. The molecule has 0 aliphatic rings. The fourth-order valence-corrected chi connectivity index (χ4v) is 1.74. The van der Waals surface area contributed by atoms with E-state index in [1.54, 1.807) is 0 Å². The second-order valence-electron chi connectivity index (χ2n) is 5.41. The molecule has 0 aliphatic carbocycles. The average molecular weight is 269 g/mol. The van der Waals surface area contributed by atoms with Gasteiger partial charge in [-0.25, -0.2) is 0 Å². The lowest BCUT2D eigenvalue weighted by atomic mass is 10.1. The third kappa shape index (κ3) is 5.83. The molecule has 1 rings (SSSR count). The van der Waals surface area contributed by atoms with E-state index in [0.717, 1.165) is 6.42 Å². The monoisotopic (exact) mass is 269 g/mol. The molecule has 0 radical (unpaired) electrons. The van der Waals surface area contributed by atoms with E-state index >= 15 is 0 Å². The Morgan fingerprint density at radius 2 is 2.05 bits per heavy atom. The normalized spacial score (nSPS) is 11.7. The van der Waals surface area contributed by atoms with E-state index < -0.39 is 5.97 Å². The molecule has 1 aromatic heterocycles. The average Bonchev–Trinajstić information content (AvgIpc) is 2.70. The second-order valence-corrected chi connectivity index (χ2v) is 5.41. The van der Waals surface area contributed by atoms with Crippen LogP contribution in [-0.4, -0.2) is 38.7 Å². The van der Waals surface area contributed by atoms with Crippen LogP contribution in [0, 0.1) is 5.92 Å². The molecule has 108 valence electrons. The van der Waals surface area contributed by atoms with Crippen molar-refractivity contribution < 1.29 is 14.4 Å². The first kappa shape index (κ1) is 15.6. The quantitative estimate of drug-likeness (QED) is 0.777. The fourth-order valence-electron chi connectivity index (χ4n) is 1.74. The highest BCUT2D eigenvalue weighted by atomic mass is 16.5. The van der Waals surface area contributed by atoms with Crippen LogP contribution in [-0.2, 0) is 17.8 Å². The lowest BCUT2D eigenvalue weighted by molar-refractivity contribution is -0.137. The summed E-state index contributed by atoms with van der Waals surface area (Å²) in [5.74, 6) is 0.956. The first-order valence-corrected chi connectivity index (χ1v) is 6.65. The molecule has 0 aliphatic heterocycles. The van der Waals surface area contributed by atoms with Gasteiger partial charge in [0.1, 0.15) is 0 Å². The minimum Gasteiger partial charge on any atom is -0.481 e. The first-order valence-electron chi connectivity index (χ1n) is 6.65. The van der Waals surface area contributed by atoms with Crippen LogP contribution in [0.5, 0.6) is 0 Å². The van der Waals surface area contributed by atoms with E-state index in [2.05, 4.69) is 24.0 Å². The maximum atomic E-state index is 10.6. The van der Waals surface area contributed by atoms with Crippen LogP contribution in [0.4, 0.5) is 0 Å². The van der Waals surface area contributed by atoms with Crippen LogP contribution < -0.4 is 0 Å². The number of carbonyl (C=O) groups is 1. The molecule has 19 heavy (non-hydrogen) atoms. The van der Waals surface area contributed by atoms with Gasteiger partial charge in [-0.05, 0) is 19.8 Å². The summed E-state index contributed by atoms with van der Waals surface area (Å²) in [6.45, 7) is 9.22. The number of aliphatic carboxylic acids is 1. The highest BCUT2D eigenvalue weighted by molar-refractivity contribution is 5.66. The van der Waals surface area contributed by atoms with Gasteiger partial charge >= 0.3 is 5.97 Å². The summed E-state index contributed by atoms with van der Waals surface area (Å²) in [5, 5.41) is 12.7. The van der Waals surface area contributed by atoms with E-state index in [4.69, 9.17) is 9.63 Å². The molecule has 0 saturated heterocycles. The molecule has 1 aromatic rings. The van der Waals surface area contributed by atoms with Gasteiger partial charge in [-0.2, -0.15) is 4.98 Å². The largest absolute Gasteiger partial charge is 0.481 e. The van der Waals surface area contributed by atoms with Crippen molar-refractivity contribution in [2.24, 2.45) is 5.92 Å². The van der Waals surface area contributed by atoms with Crippen molar-refractivity contribution >= 4 is 5.97 Å². The number of hydrogen-bond acceptors (Lipinski definition) is 5. The molecule has 0 fully saturated rings. The van der Waals surface area contributed by atoms with Crippen molar-refractivity contribution in [2.45, 2.75) is 53.1 Å². The molecule has 6 nitrogen and oxygen atoms in total. The maximum Gasteiger partial charge on any atom is 0.304 e. The lowest BCUT2D eigenvalue weighted by Crippen LogP contribution is -2.32. The summed E-state index contributed by atoms with van der Waals surface area (Å²) < 4.78 is 5.20. The number of carboxylic acids is 1. The molecule has 0 saturated carbocycles. The summed E-state index contributed by atoms with van der Waals surface area (Å²) in [6, 6.07) is 0.236. The Bertz CT molecular complexity index is 402. The zero-order valence-electron chi connectivity index (χ0n) is 12.1. The van der Waals surface area contributed by atoms with Crippen molar-refractivity contribution in [3.05, 3.63) is 11.7 Å². The van der Waals surface area contributed by atoms with Gasteiger partial charge in [0.2, 0.25) is 5.89 Å². The van der Waals surface area contributed by atoms with Crippen LogP contribution in [0.15, 0.2) is 4.52 Å². The Balaban J connectivity index is 2.58. The van der Waals surface area contributed by atoms with Gasteiger partial charge in [0.15, 0.2) is 5.82 Å². The summed E-state index contributed by atoms with van der Waals surface area (Å²) >= 11 is 0. The van der Waals surface area contributed by atoms with Crippen molar-refractivity contribution in [1.29, 1.82) is 0 Å². The standard InChI is InChI=1S/C13H23N3O3/c1-9(2)7-11-14-12(19-15-11)8-16(10(3)4)6-5-13(17)18/h9-10H,5-8H2,1-4H3,(H,17,18). The molecule has 6 heteroatoms. The molecule has 0 bridgehead atoms. The number of aromatic nitrogens is 2. The Morgan fingerprint density at radius 1 is 1.37 bits per heavy atom. The molecule has 0 atom stereocenters. The van der Waals surface area contributed by atoms with Crippen LogP contribution >= 0.6 is 0 Å². The van der Waals surface area contributed by atoms with Crippen molar-refractivity contribution in [2.75, 3.05) is 6.54 Å². The smallest absolute Gasteiger partial charge is 0.304 e. The third-order valence-corrected chi connectivity index (χ3v) is 2.78. The second kappa shape index (κ2) is 7.23. The fraction of sp³-hybridized carbons (Fsp3) is 0.769. The summed E-state index contributed by atoms with van der Waals surface area (Å²) in [6.07, 6.45) is 0.908. The molecule has 1 N–H and O–H groups in total. The number of rotatable bonds is 8. The predicted octanol–water partition coefficient (Wildman–Crippen LogP) is 1.95. The van der Waals surface area contributed by atoms with Crippen molar-refractivity contribution in [3.63, 3.8) is 0 Å². The van der Waals surface area contributed by atoms with Gasteiger partial charge in [-0.15, -0.1) is 0 Å². The highest BCUT2D eigenvalue weighted by Crippen LogP contribution is 2.09.